The number of primary sulfonamides is 1. The van der Waals surface area contributed by atoms with Gasteiger partial charge in [0.15, 0.2) is 0 Å². The predicted molar refractivity (Wildman–Crippen MR) is 80.4 cm³/mol. The average Bonchev–Trinajstić information content (AvgIpc) is 2.35. The summed E-state index contributed by atoms with van der Waals surface area (Å²) in [5.74, 6) is -2.54. The van der Waals surface area contributed by atoms with Crippen molar-refractivity contribution >= 4 is 25.7 Å². The van der Waals surface area contributed by atoms with Crippen molar-refractivity contribution in [3.8, 4) is 0 Å². The van der Waals surface area contributed by atoms with Crippen molar-refractivity contribution in [2.45, 2.75) is 10.6 Å². The Morgan fingerprint density at radius 1 is 0.957 bits per heavy atom. The van der Waals surface area contributed by atoms with Crippen molar-refractivity contribution in [1.82, 2.24) is 0 Å². The number of nitrogens with one attached hydrogen (secondary N) is 1. The number of rotatable bonds is 5. The zero-order valence-electron chi connectivity index (χ0n) is 11.5. The number of nitrogens with two attached hydrogens (primary N) is 1. The molecule has 0 aliphatic carbocycles. The Kier molecular flexibility index (Phi) is 4.68. The highest BCUT2D eigenvalue weighted by molar-refractivity contribution is 7.92. The number of sulfonamides is 2. The molecule has 0 fully saturated rings. The molecule has 0 aliphatic heterocycles. The minimum absolute atomic E-state index is 0.0378. The van der Waals surface area contributed by atoms with Crippen LogP contribution >= 0.6 is 0 Å². The van der Waals surface area contributed by atoms with Crippen molar-refractivity contribution < 1.29 is 25.6 Å². The second kappa shape index (κ2) is 6.22. The molecule has 0 heterocycles. The quantitative estimate of drug-likeness (QED) is 0.842. The monoisotopic (exact) mass is 362 g/mol. The lowest BCUT2D eigenvalue weighted by Crippen LogP contribution is -2.16. The molecular weight excluding hydrogens is 350 g/mol. The first-order valence-corrected chi connectivity index (χ1v) is 9.33. The lowest BCUT2D eigenvalue weighted by Gasteiger charge is -2.09. The Balaban J connectivity index is 2.32. The zero-order valence-corrected chi connectivity index (χ0v) is 13.2. The molecule has 2 aromatic carbocycles. The molecule has 2 rings (SSSR count). The van der Waals surface area contributed by atoms with Gasteiger partial charge in [0.1, 0.15) is 11.6 Å². The van der Waals surface area contributed by atoms with E-state index in [1.165, 1.54) is 24.3 Å². The fraction of sp³-hybridized carbons (Fsp3) is 0.0769. The molecule has 6 nitrogen and oxygen atoms in total. The molecule has 0 radical (unpaired) electrons. The Hall–Kier alpha value is -2.04. The second-order valence-electron chi connectivity index (χ2n) is 4.72. The van der Waals surface area contributed by atoms with Crippen LogP contribution in [-0.4, -0.2) is 16.8 Å². The van der Waals surface area contributed by atoms with Gasteiger partial charge in [0, 0.05) is 11.8 Å². The fourth-order valence-electron chi connectivity index (χ4n) is 1.85. The van der Waals surface area contributed by atoms with Gasteiger partial charge >= 0.3 is 0 Å². The summed E-state index contributed by atoms with van der Waals surface area (Å²) in [6.07, 6.45) is 0. The van der Waals surface area contributed by atoms with Gasteiger partial charge in [0.2, 0.25) is 10.0 Å². The van der Waals surface area contributed by atoms with E-state index in [-0.39, 0.29) is 11.3 Å². The number of benzene rings is 2. The van der Waals surface area contributed by atoms with Gasteiger partial charge < -0.3 is 0 Å². The van der Waals surface area contributed by atoms with E-state index in [0.717, 1.165) is 0 Å². The summed E-state index contributed by atoms with van der Waals surface area (Å²) in [5, 5.41) is 4.92. The van der Waals surface area contributed by atoms with Crippen molar-refractivity contribution in [2.24, 2.45) is 5.14 Å². The van der Waals surface area contributed by atoms with Crippen LogP contribution in [0.1, 0.15) is 5.56 Å². The van der Waals surface area contributed by atoms with Gasteiger partial charge in [-0.2, -0.15) is 0 Å². The van der Waals surface area contributed by atoms with E-state index in [1.54, 1.807) is 0 Å². The third-order valence-corrected chi connectivity index (χ3v) is 4.79. The van der Waals surface area contributed by atoms with Gasteiger partial charge in [0.05, 0.1) is 10.6 Å². The molecule has 0 spiro atoms. The third kappa shape index (κ3) is 4.98. The summed E-state index contributed by atoms with van der Waals surface area (Å²) in [6, 6.07) is 7.37. The largest absolute Gasteiger partial charge is 0.280 e. The van der Waals surface area contributed by atoms with Gasteiger partial charge in [-0.15, -0.1) is 0 Å². The van der Waals surface area contributed by atoms with Gasteiger partial charge in [-0.3, -0.25) is 4.72 Å². The Morgan fingerprint density at radius 3 is 2.13 bits per heavy atom. The van der Waals surface area contributed by atoms with Crippen molar-refractivity contribution in [3.05, 3.63) is 59.7 Å². The van der Waals surface area contributed by atoms with Gasteiger partial charge in [-0.25, -0.2) is 30.8 Å². The lowest BCUT2D eigenvalue weighted by atomic mass is 10.2. The van der Waals surface area contributed by atoms with Crippen LogP contribution in [0.4, 0.5) is 14.5 Å². The Labute approximate surface area is 132 Å². The van der Waals surface area contributed by atoms with Crippen LogP contribution in [0.5, 0.6) is 0 Å². The molecule has 23 heavy (non-hydrogen) atoms. The molecule has 0 amide bonds. The number of halogens is 2. The summed E-state index contributed by atoms with van der Waals surface area (Å²) in [6.45, 7) is 0. The van der Waals surface area contributed by atoms with Crippen LogP contribution in [0, 0.1) is 11.6 Å². The lowest BCUT2D eigenvalue weighted by molar-refractivity contribution is 0.568. The smallest absolute Gasteiger partial charge is 0.262 e. The molecular formula is C13H12F2N2O4S2. The highest BCUT2D eigenvalue weighted by atomic mass is 32.2. The van der Waals surface area contributed by atoms with E-state index in [9.17, 15) is 25.6 Å². The van der Waals surface area contributed by atoms with Crippen LogP contribution in [0.15, 0.2) is 47.4 Å². The van der Waals surface area contributed by atoms with Gasteiger partial charge in [0.25, 0.3) is 10.0 Å². The zero-order chi connectivity index (χ0) is 17.3. The van der Waals surface area contributed by atoms with Crippen molar-refractivity contribution in [3.63, 3.8) is 0 Å². The molecule has 0 atom stereocenters. The number of anilines is 1. The number of hydrogen-bond donors (Lipinski definition) is 2. The maximum Gasteiger partial charge on any atom is 0.262 e. The first-order chi connectivity index (χ1) is 10.5. The van der Waals surface area contributed by atoms with E-state index in [4.69, 9.17) is 5.14 Å². The average molecular weight is 362 g/mol. The minimum Gasteiger partial charge on any atom is -0.280 e. The number of hydrogen-bond acceptors (Lipinski definition) is 4. The Morgan fingerprint density at radius 2 is 1.57 bits per heavy atom. The van der Waals surface area contributed by atoms with Crippen LogP contribution in [0.25, 0.3) is 0 Å². The molecule has 0 aliphatic rings. The normalized spacial score (nSPS) is 12.1. The van der Waals surface area contributed by atoms with E-state index >= 15 is 0 Å². The molecule has 0 bridgehead atoms. The molecule has 0 saturated heterocycles. The summed E-state index contributed by atoms with van der Waals surface area (Å²) >= 11 is 0. The van der Waals surface area contributed by atoms with Gasteiger partial charge in [-0.1, -0.05) is 12.1 Å². The minimum atomic E-state index is -4.23. The molecule has 124 valence electrons. The molecule has 10 heteroatoms. The summed E-state index contributed by atoms with van der Waals surface area (Å²) < 4.78 is 74.7. The third-order valence-electron chi connectivity index (χ3n) is 2.69. The highest BCUT2D eigenvalue weighted by Gasteiger charge is 2.17. The van der Waals surface area contributed by atoms with Crippen molar-refractivity contribution in [1.29, 1.82) is 0 Å². The molecule has 3 N–H and O–H groups in total. The first-order valence-electron chi connectivity index (χ1n) is 6.13. The summed E-state index contributed by atoms with van der Waals surface area (Å²) in [4.78, 5) is -0.591. The van der Waals surface area contributed by atoms with Gasteiger partial charge in [-0.05, 0) is 29.8 Å². The highest BCUT2D eigenvalue weighted by Crippen LogP contribution is 2.19. The van der Waals surface area contributed by atoms with Crippen molar-refractivity contribution in [2.75, 3.05) is 4.72 Å². The standard InChI is InChI=1S/C13H12F2N2O4S2/c14-10-5-11(15)7-13(6-10)23(20,21)17-12-3-1-2-9(4-12)8-22(16,18)19/h1-7,17H,8H2,(H2,16,18,19). The molecule has 0 unspecified atom stereocenters. The van der Waals surface area contributed by atoms with Crippen LogP contribution in [-0.2, 0) is 25.8 Å². The topological polar surface area (TPSA) is 106 Å². The molecule has 0 saturated carbocycles. The first kappa shape index (κ1) is 17.3. The predicted octanol–water partition coefficient (Wildman–Crippen LogP) is 1.55. The van der Waals surface area contributed by atoms with Crippen LogP contribution in [0.2, 0.25) is 0 Å². The second-order valence-corrected chi connectivity index (χ2v) is 8.02. The van der Waals surface area contributed by atoms with E-state index in [2.05, 4.69) is 4.72 Å². The molecule has 2 aromatic rings. The SMILES string of the molecule is NS(=O)(=O)Cc1cccc(NS(=O)(=O)c2cc(F)cc(F)c2)c1. The van der Waals surface area contributed by atoms with Crippen LogP contribution < -0.4 is 9.86 Å². The Bertz CT molecular complexity index is 924. The van der Waals surface area contributed by atoms with E-state index in [0.29, 0.717) is 18.2 Å². The summed E-state index contributed by atoms with van der Waals surface area (Å²) in [7, 11) is -8.01. The van der Waals surface area contributed by atoms with E-state index < -0.39 is 42.3 Å². The molecule has 0 aromatic heterocycles. The summed E-state index contributed by atoms with van der Waals surface area (Å²) in [5.41, 5.74) is 0.300. The van der Waals surface area contributed by atoms with Crippen LogP contribution in [0.3, 0.4) is 0 Å². The maximum atomic E-state index is 13.1. The fourth-order valence-corrected chi connectivity index (χ4v) is 3.59. The van der Waals surface area contributed by atoms with E-state index in [1.807, 2.05) is 0 Å². The maximum absolute atomic E-state index is 13.1.